The molecule has 0 saturated carbocycles. The molecule has 1 saturated heterocycles. The Hall–Kier alpha value is 0.560. The summed E-state index contributed by atoms with van der Waals surface area (Å²) >= 11 is 0. The van der Waals surface area contributed by atoms with E-state index < -0.39 is 0 Å². The lowest BCUT2D eigenvalue weighted by Crippen LogP contribution is -2.35. The van der Waals surface area contributed by atoms with Gasteiger partial charge in [-0.1, -0.05) is 124 Å². The molecule has 0 nitrogen and oxygen atoms in total. The molecule has 0 spiro atoms. The Balaban J connectivity index is 2.59. The fourth-order valence-electron chi connectivity index (χ4n) is 5.03. The van der Waals surface area contributed by atoms with Gasteiger partial charge in [0, 0.05) is 0 Å². The topological polar surface area (TPSA) is 0 Å². The van der Waals surface area contributed by atoms with Crippen LogP contribution in [0.5, 0.6) is 0 Å². The Labute approximate surface area is 169 Å². The first kappa shape index (κ1) is 24.6. The van der Waals surface area contributed by atoms with E-state index in [4.69, 9.17) is 0 Å². The van der Waals surface area contributed by atoms with Crippen LogP contribution in [0.15, 0.2) is 0 Å². The third-order valence-corrected chi connectivity index (χ3v) is 10.8. The van der Waals surface area contributed by atoms with Crippen molar-refractivity contribution in [1.82, 2.24) is 0 Å². The van der Waals surface area contributed by atoms with E-state index in [0.717, 1.165) is 24.5 Å². The van der Waals surface area contributed by atoms with E-state index >= 15 is 0 Å². The molecule has 1 fully saturated rings. The highest BCUT2D eigenvalue weighted by Crippen LogP contribution is 2.49. The van der Waals surface area contributed by atoms with Crippen molar-refractivity contribution >= 4 is 20.7 Å². The van der Waals surface area contributed by atoms with Crippen LogP contribution >= 0.6 is 7.80 Å². The average Bonchev–Trinajstić information content (AvgIpc) is 2.64. The quantitative estimate of drug-likeness (QED) is 0.191. The van der Waals surface area contributed by atoms with Gasteiger partial charge in [-0.25, -0.2) is 0 Å². The van der Waals surface area contributed by atoms with Gasteiger partial charge in [0.05, 0.1) is 0 Å². The highest BCUT2D eigenvalue weighted by molar-refractivity contribution is 7.99. The van der Waals surface area contributed by atoms with Crippen molar-refractivity contribution in [2.75, 3.05) is 6.16 Å². The summed E-state index contributed by atoms with van der Waals surface area (Å²) in [6.07, 6.45) is 24.8. The number of hydrogen-bond donors (Lipinski definition) is 0. The van der Waals surface area contributed by atoms with Gasteiger partial charge < -0.3 is 0 Å². The van der Waals surface area contributed by atoms with Crippen LogP contribution in [-0.4, -0.2) is 24.7 Å². The van der Waals surface area contributed by atoms with Crippen molar-refractivity contribution in [2.24, 2.45) is 5.92 Å². The van der Waals surface area contributed by atoms with Crippen LogP contribution in [0.4, 0.5) is 0 Å². The van der Waals surface area contributed by atoms with E-state index in [1.165, 1.54) is 96.1 Å². The molecule has 1 heterocycles. The largest absolute Gasteiger partial charge is 0.146 e. The van der Waals surface area contributed by atoms with Gasteiger partial charge in [0.15, 0.2) is 0 Å². The van der Waals surface area contributed by atoms with Crippen LogP contribution in [0.3, 0.4) is 0 Å². The Morgan fingerprint density at radius 1 is 0.846 bits per heavy atom. The summed E-state index contributed by atoms with van der Waals surface area (Å²) in [5.41, 5.74) is 0.987. The Kier molecular flexibility index (Phi) is 14.6. The zero-order chi connectivity index (χ0) is 19.2. The van der Waals surface area contributed by atoms with E-state index in [9.17, 15) is 0 Å². The first-order valence-electron chi connectivity index (χ1n) is 12.4. The highest BCUT2D eigenvalue weighted by Gasteiger charge is 2.33. The summed E-state index contributed by atoms with van der Waals surface area (Å²) in [6.45, 7) is 13.5. The molecule has 0 aromatic carbocycles. The fourth-order valence-corrected chi connectivity index (χ4v) is 8.74. The Morgan fingerprint density at radius 3 is 2.23 bits per heavy atom. The standard InChI is InChI=1S/C23H49B2P/c1-6-8-9-10-12-15-18-25-19-16-13-11-14-17-20-26(24(25)5)23(4)21-22(3)7-2/h22-23H,6-21H2,1-5H3. The van der Waals surface area contributed by atoms with Crippen molar-refractivity contribution < 1.29 is 0 Å². The molecule has 0 bridgehead atoms. The third-order valence-electron chi connectivity index (χ3n) is 7.13. The van der Waals surface area contributed by atoms with E-state index in [0.29, 0.717) is 0 Å². The molecule has 26 heavy (non-hydrogen) atoms. The zero-order valence-electron chi connectivity index (χ0n) is 19.1. The van der Waals surface area contributed by atoms with Crippen LogP contribution in [0.1, 0.15) is 111 Å². The Bertz CT molecular complexity index is 323. The second-order valence-corrected chi connectivity index (χ2v) is 12.6. The minimum atomic E-state index is 0.226. The average molecular weight is 378 g/mol. The monoisotopic (exact) mass is 378 g/mol. The molecular weight excluding hydrogens is 329 g/mol. The number of rotatable bonds is 11. The van der Waals surface area contributed by atoms with Crippen molar-refractivity contribution in [2.45, 2.75) is 136 Å². The molecule has 0 radical (unpaired) electrons. The molecule has 3 heteroatoms. The fraction of sp³-hybridized carbons (Fsp3) is 1.00. The van der Waals surface area contributed by atoms with E-state index in [-0.39, 0.29) is 7.80 Å². The highest BCUT2D eigenvalue weighted by atomic mass is 31.1. The second kappa shape index (κ2) is 15.5. The van der Waals surface area contributed by atoms with Gasteiger partial charge in [0.2, 0.25) is 0 Å². The minimum absolute atomic E-state index is 0.226. The van der Waals surface area contributed by atoms with Gasteiger partial charge in [-0.15, -0.1) is 7.80 Å². The summed E-state index contributed by atoms with van der Waals surface area (Å²) in [5.74, 6) is 0.923. The maximum Gasteiger partial charge on any atom is 0.137 e. The molecule has 0 N–H and O–H groups in total. The van der Waals surface area contributed by atoms with Gasteiger partial charge in [-0.05, 0) is 24.2 Å². The van der Waals surface area contributed by atoms with Crippen LogP contribution in [-0.2, 0) is 0 Å². The predicted octanol–water partition coefficient (Wildman–Crippen LogP) is 8.81. The molecule has 152 valence electrons. The van der Waals surface area contributed by atoms with Gasteiger partial charge in [0.25, 0.3) is 0 Å². The molecule has 3 atom stereocenters. The summed E-state index contributed by atoms with van der Waals surface area (Å²) in [5, 5.41) is 0. The van der Waals surface area contributed by atoms with Crippen molar-refractivity contribution in [3.8, 4) is 0 Å². The number of hydrogen-bond acceptors (Lipinski definition) is 0. The summed E-state index contributed by atoms with van der Waals surface area (Å²) in [4.78, 5) is 0. The summed E-state index contributed by atoms with van der Waals surface area (Å²) in [6, 6.07) is 0. The van der Waals surface area contributed by atoms with E-state index in [1.54, 1.807) is 6.16 Å². The van der Waals surface area contributed by atoms with Crippen LogP contribution in [0, 0.1) is 5.92 Å². The molecule has 3 unspecified atom stereocenters. The molecule has 0 aliphatic carbocycles. The molecule has 0 aromatic rings. The first-order chi connectivity index (χ1) is 12.6. The lowest BCUT2D eigenvalue weighted by Gasteiger charge is -2.35. The zero-order valence-corrected chi connectivity index (χ0v) is 20.0. The van der Waals surface area contributed by atoms with Gasteiger partial charge in [-0.3, -0.25) is 0 Å². The maximum atomic E-state index is 2.67. The lowest BCUT2D eigenvalue weighted by molar-refractivity contribution is 0.513. The predicted molar refractivity (Wildman–Crippen MR) is 129 cm³/mol. The molecule has 1 rings (SSSR count). The third kappa shape index (κ3) is 10.2. The summed E-state index contributed by atoms with van der Waals surface area (Å²) < 4.78 is 0. The molecule has 0 amide bonds. The smallest absolute Gasteiger partial charge is 0.137 e. The maximum absolute atomic E-state index is 2.67. The van der Waals surface area contributed by atoms with Crippen LogP contribution in [0.2, 0.25) is 19.5 Å². The minimum Gasteiger partial charge on any atom is -0.146 e. The van der Waals surface area contributed by atoms with Crippen molar-refractivity contribution in [3.05, 3.63) is 0 Å². The van der Waals surface area contributed by atoms with E-state index in [2.05, 4.69) is 34.5 Å². The lowest BCUT2D eigenvalue weighted by atomic mass is 9.18. The SMILES string of the molecule is CCCCCCCCB1CCCCCCCP(C(C)CC(C)CC)B1C. The summed E-state index contributed by atoms with van der Waals surface area (Å²) in [7, 11) is 0.226. The number of unbranched alkanes of at least 4 members (excludes halogenated alkanes) is 5. The van der Waals surface area contributed by atoms with Gasteiger partial charge >= 0.3 is 0 Å². The van der Waals surface area contributed by atoms with Gasteiger partial charge in [-0.2, -0.15) is 0 Å². The van der Waals surface area contributed by atoms with Crippen LogP contribution < -0.4 is 0 Å². The molecular formula is C23H49B2P. The molecule has 1 aliphatic heterocycles. The molecule has 0 aromatic heterocycles. The normalized spacial score (nSPS) is 22.3. The second-order valence-electron chi connectivity index (χ2n) is 9.45. The van der Waals surface area contributed by atoms with Crippen molar-refractivity contribution in [1.29, 1.82) is 0 Å². The van der Waals surface area contributed by atoms with Crippen LogP contribution in [0.25, 0.3) is 0 Å². The first-order valence-corrected chi connectivity index (χ1v) is 14.0. The molecule has 1 aliphatic rings. The van der Waals surface area contributed by atoms with Crippen molar-refractivity contribution in [3.63, 3.8) is 0 Å². The Morgan fingerprint density at radius 2 is 1.50 bits per heavy atom. The van der Waals surface area contributed by atoms with Gasteiger partial charge in [0.1, 0.15) is 12.9 Å². The van der Waals surface area contributed by atoms with E-state index in [1.807, 2.05) is 0 Å².